The summed E-state index contributed by atoms with van der Waals surface area (Å²) in [6.07, 6.45) is 0.861. The van der Waals surface area contributed by atoms with Gasteiger partial charge in [-0.3, -0.25) is 14.5 Å². The number of carbonyl (C=O) groups is 2. The standard InChI is InChI=1S/C31H25NO5/c1-2-19-7-9-21(10-8-19)28-27(29(33)23-12-11-20-5-3-4-6-22(20)17-23)30(34)31(35)32(28)24-13-14-25-26(18-24)37-16-15-36-25/h3-14,17-18,28,33H,2,15-16H2,1H3/b29-27+. The zero-order valence-electron chi connectivity index (χ0n) is 20.3. The molecule has 4 aromatic carbocycles. The number of carbonyl (C=O) groups excluding carboxylic acids is 2. The largest absolute Gasteiger partial charge is 0.507 e. The highest BCUT2D eigenvalue weighted by atomic mass is 16.6. The number of hydrogen-bond acceptors (Lipinski definition) is 5. The maximum atomic E-state index is 13.5. The number of nitrogens with zero attached hydrogens (tertiary/aromatic N) is 1. The summed E-state index contributed by atoms with van der Waals surface area (Å²) in [4.78, 5) is 28.4. The van der Waals surface area contributed by atoms with Gasteiger partial charge >= 0.3 is 0 Å². The lowest BCUT2D eigenvalue weighted by molar-refractivity contribution is -0.132. The summed E-state index contributed by atoms with van der Waals surface area (Å²) in [7, 11) is 0. The second-order valence-electron chi connectivity index (χ2n) is 9.15. The van der Waals surface area contributed by atoms with E-state index in [0.717, 1.165) is 28.3 Å². The molecular formula is C31H25NO5. The molecule has 6 heteroatoms. The Morgan fingerprint density at radius 3 is 2.35 bits per heavy atom. The summed E-state index contributed by atoms with van der Waals surface area (Å²) < 4.78 is 11.4. The van der Waals surface area contributed by atoms with E-state index >= 15 is 0 Å². The Morgan fingerprint density at radius 2 is 1.59 bits per heavy atom. The van der Waals surface area contributed by atoms with Gasteiger partial charge in [-0.25, -0.2) is 0 Å². The summed E-state index contributed by atoms with van der Waals surface area (Å²) in [6, 6.07) is 25.5. The van der Waals surface area contributed by atoms with Crippen LogP contribution in [0.4, 0.5) is 5.69 Å². The number of aliphatic hydroxyl groups is 1. The van der Waals surface area contributed by atoms with E-state index in [1.54, 1.807) is 24.3 Å². The van der Waals surface area contributed by atoms with Gasteiger partial charge in [0.25, 0.3) is 11.7 Å². The van der Waals surface area contributed by atoms with Crippen LogP contribution in [0.25, 0.3) is 16.5 Å². The molecule has 1 atom stereocenters. The van der Waals surface area contributed by atoms with Crippen LogP contribution in [0.3, 0.4) is 0 Å². The fraction of sp³-hybridized carbons (Fsp3) is 0.161. The molecule has 1 amide bonds. The summed E-state index contributed by atoms with van der Waals surface area (Å²) >= 11 is 0. The lowest BCUT2D eigenvalue weighted by Gasteiger charge is -2.27. The minimum absolute atomic E-state index is 0.0550. The number of anilines is 1. The van der Waals surface area contributed by atoms with Crippen molar-refractivity contribution in [2.75, 3.05) is 18.1 Å². The van der Waals surface area contributed by atoms with Crippen molar-refractivity contribution >= 4 is 33.9 Å². The van der Waals surface area contributed by atoms with Crippen LogP contribution in [-0.2, 0) is 16.0 Å². The fourth-order valence-corrected chi connectivity index (χ4v) is 5.02. The predicted octanol–water partition coefficient (Wildman–Crippen LogP) is 5.80. The van der Waals surface area contributed by atoms with Crippen LogP contribution < -0.4 is 14.4 Å². The molecule has 4 aromatic rings. The molecule has 184 valence electrons. The third-order valence-electron chi connectivity index (χ3n) is 6.97. The van der Waals surface area contributed by atoms with E-state index in [9.17, 15) is 14.7 Å². The number of aliphatic hydroxyl groups excluding tert-OH is 1. The molecule has 2 heterocycles. The molecule has 0 bridgehead atoms. The Balaban J connectivity index is 1.53. The highest BCUT2D eigenvalue weighted by molar-refractivity contribution is 6.51. The highest BCUT2D eigenvalue weighted by Gasteiger charge is 2.47. The topological polar surface area (TPSA) is 76.1 Å². The lowest BCUT2D eigenvalue weighted by Crippen LogP contribution is -2.29. The van der Waals surface area contributed by atoms with Gasteiger partial charge in [0.15, 0.2) is 11.5 Å². The molecule has 1 fully saturated rings. The Bertz CT molecular complexity index is 1570. The highest BCUT2D eigenvalue weighted by Crippen LogP contribution is 2.44. The Morgan fingerprint density at radius 1 is 0.865 bits per heavy atom. The summed E-state index contributed by atoms with van der Waals surface area (Å²) in [5.41, 5.74) is 2.89. The minimum Gasteiger partial charge on any atom is -0.507 e. The molecule has 2 aliphatic rings. The number of ketones is 1. The van der Waals surface area contributed by atoms with Crippen LogP contribution >= 0.6 is 0 Å². The van der Waals surface area contributed by atoms with Crippen molar-refractivity contribution in [2.45, 2.75) is 19.4 Å². The van der Waals surface area contributed by atoms with Crippen molar-refractivity contribution in [3.63, 3.8) is 0 Å². The summed E-state index contributed by atoms with van der Waals surface area (Å²) in [6.45, 7) is 2.92. The van der Waals surface area contributed by atoms with E-state index in [0.29, 0.717) is 36.0 Å². The van der Waals surface area contributed by atoms with Crippen molar-refractivity contribution in [3.8, 4) is 11.5 Å². The molecule has 0 aromatic heterocycles. The molecule has 6 rings (SSSR count). The number of benzene rings is 4. The fourth-order valence-electron chi connectivity index (χ4n) is 5.02. The van der Waals surface area contributed by atoms with Crippen molar-refractivity contribution in [1.82, 2.24) is 0 Å². The van der Waals surface area contributed by atoms with Crippen molar-refractivity contribution in [1.29, 1.82) is 0 Å². The SMILES string of the molecule is CCc1ccc(C2/C(=C(\O)c3ccc4ccccc4c3)C(=O)C(=O)N2c2ccc3c(c2)OCCO3)cc1. The van der Waals surface area contributed by atoms with E-state index in [-0.39, 0.29) is 11.3 Å². The third-order valence-corrected chi connectivity index (χ3v) is 6.97. The zero-order chi connectivity index (χ0) is 25.5. The van der Waals surface area contributed by atoms with Crippen LogP contribution in [0.2, 0.25) is 0 Å². The molecule has 2 aliphatic heterocycles. The van der Waals surface area contributed by atoms with Gasteiger partial charge in [0.1, 0.15) is 19.0 Å². The monoisotopic (exact) mass is 491 g/mol. The van der Waals surface area contributed by atoms with Crippen LogP contribution in [0, 0.1) is 0 Å². The van der Waals surface area contributed by atoms with Gasteiger partial charge in [0.2, 0.25) is 0 Å². The first-order valence-electron chi connectivity index (χ1n) is 12.3. The van der Waals surface area contributed by atoms with Gasteiger partial charge in [0.05, 0.1) is 11.6 Å². The van der Waals surface area contributed by atoms with Crippen LogP contribution in [0.15, 0.2) is 90.5 Å². The summed E-state index contributed by atoms with van der Waals surface area (Å²) in [5.74, 6) is -0.533. The summed E-state index contributed by atoms with van der Waals surface area (Å²) in [5, 5.41) is 13.4. The minimum atomic E-state index is -0.806. The quantitative estimate of drug-likeness (QED) is 0.222. The third kappa shape index (κ3) is 3.91. The average molecular weight is 492 g/mol. The van der Waals surface area contributed by atoms with Crippen LogP contribution in [-0.4, -0.2) is 30.0 Å². The molecular weight excluding hydrogens is 466 g/mol. The molecule has 0 aliphatic carbocycles. The van der Waals surface area contributed by atoms with Gasteiger partial charge in [-0.05, 0) is 46.5 Å². The first-order valence-corrected chi connectivity index (χ1v) is 12.3. The molecule has 0 spiro atoms. The Kier molecular flexibility index (Phi) is 5.64. The number of ether oxygens (including phenoxy) is 2. The molecule has 37 heavy (non-hydrogen) atoms. The molecule has 1 saturated heterocycles. The van der Waals surface area contributed by atoms with E-state index in [1.165, 1.54) is 4.90 Å². The van der Waals surface area contributed by atoms with Crippen LogP contribution in [0.5, 0.6) is 11.5 Å². The van der Waals surface area contributed by atoms with Crippen molar-refractivity contribution < 1.29 is 24.2 Å². The molecule has 0 radical (unpaired) electrons. The van der Waals surface area contributed by atoms with Crippen molar-refractivity contribution in [2.24, 2.45) is 0 Å². The average Bonchev–Trinajstić information content (AvgIpc) is 3.22. The lowest BCUT2D eigenvalue weighted by atomic mass is 9.93. The van der Waals surface area contributed by atoms with E-state index in [2.05, 4.69) is 6.92 Å². The van der Waals surface area contributed by atoms with Crippen LogP contribution in [0.1, 0.15) is 29.7 Å². The Labute approximate surface area is 214 Å². The number of amides is 1. The van der Waals surface area contributed by atoms with Crippen molar-refractivity contribution in [3.05, 3.63) is 107 Å². The maximum absolute atomic E-state index is 13.5. The first-order chi connectivity index (χ1) is 18.0. The number of fused-ring (bicyclic) bond motifs is 2. The molecule has 1 N–H and O–H groups in total. The first kappa shape index (κ1) is 22.9. The number of aryl methyl sites for hydroxylation is 1. The van der Waals surface area contributed by atoms with Gasteiger partial charge in [0, 0.05) is 17.3 Å². The van der Waals surface area contributed by atoms with E-state index < -0.39 is 17.7 Å². The second-order valence-corrected chi connectivity index (χ2v) is 9.15. The molecule has 0 saturated carbocycles. The van der Waals surface area contributed by atoms with Gasteiger partial charge < -0.3 is 14.6 Å². The van der Waals surface area contributed by atoms with E-state index in [4.69, 9.17) is 9.47 Å². The molecule has 1 unspecified atom stereocenters. The van der Waals surface area contributed by atoms with Gasteiger partial charge in [-0.15, -0.1) is 0 Å². The van der Waals surface area contributed by atoms with E-state index in [1.807, 2.05) is 60.7 Å². The Hall–Kier alpha value is -4.58. The zero-order valence-corrected chi connectivity index (χ0v) is 20.3. The molecule has 6 nitrogen and oxygen atoms in total. The van der Waals surface area contributed by atoms with Gasteiger partial charge in [-0.1, -0.05) is 67.6 Å². The number of Topliss-reactive ketones (excluding diaryl/α,β-unsaturated/α-hetero) is 1. The second kappa shape index (κ2) is 9.13. The van der Waals surface area contributed by atoms with Gasteiger partial charge in [-0.2, -0.15) is 0 Å². The smallest absolute Gasteiger partial charge is 0.300 e. The number of hydrogen-bond donors (Lipinski definition) is 1. The number of rotatable bonds is 4. The maximum Gasteiger partial charge on any atom is 0.300 e. The normalized spacial score (nSPS) is 18.4. The predicted molar refractivity (Wildman–Crippen MR) is 142 cm³/mol.